The lowest BCUT2D eigenvalue weighted by Crippen LogP contribution is -2.52. The van der Waals surface area contributed by atoms with E-state index in [4.69, 9.17) is 0 Å². The predicted octanol–water partition coefficient (Wildman–Crippen LogP) is 4.34. The molecule has 0 saturated heterocycles. The first-order chi connectivity index (χ1) is 11.9. The Hall–Kier alpha value is -1.71. The van der Waals surface area contributed by atoms with Crippen molar-refractivity contribution >= 4 is 17.3 Å². The van der Waals surface area contributed by atoms with Gasteiger partial charge in [0.1, 0.15) is 11.5 Å². The number of hydrogen-bond acceptors (Lipinski definition) is 4. The second kappa shape index (κ2) is 5.90. The third-order valence-electron chi connectivity index (χ3n) is 7.15. The maximum absolute atomic E-state index is 13.2. The minimum absolute atomic E-state index is 0.0137. The molecule has 3 aliphatic rings. The predicted molar refractivity (Wildman–Crippen MR) is 99.5 cm³/mol. The average molecular weight is 358 g/mol. The maximum Gasteiger partial charge on any atom is 0.233 e. The number of hydrogen-bond donors (Lipinski definition) is 1. The molecule has 0 spiro atoms. The molecule has 142 valence electrons. The Morgan fingerprint density at radius 2 is 1.73 bits per heavy atom. The van der Waals surface area contributed by atoms with Gasteiger partial charge in [-0.05, 0) is 43.4 Å². The number of ketones is 3. The Kier molecular flexibility index (Phi) is 4.33. The number of Topliss-reactive ketones (excluding diaryl/α,β-unsaturated/α-hetero) is 3. The molecule has 0 amide bonds. The number of carbonyl (C=O) groups excluding carboxylic acids is 3. The number of fused-ring (bicyclic) bond motifs is 2. The van der Waals surface area contributed by atoms with Gasteiger partial charge in [0, 0.05) is 28.1 Å². The molecule has 26 heavy (non-hydrogen) atoms. The van der Waals surface area contributed by atoms with Crippen molar-refractivity contribution in [2.45, 2.75) is 67.2 Å². The lowest BCUT2D eigenvalue weighted by Gasteiger charge is -2.56. The van der Waals surface area contributed by atoms with Gasteiger partial charge >= 0.3 is 0 Å². The topological polar surface area (TPSA) is 71.4 Å². The first-order valence-corrected chi connectivity index (χ1v) is 9.71. The summed E-state index contributed by atoms with van der Waals surface area (Å²) < 4.78 is 0. The minimum Gasteiger partial charge on any atom is -0.507 e. The van der Waals surface area contributed by atoms with Crippen molar-refractivity contribution in [1.29, 1.82) is 0 Å². The average Bonchev–Trinajstić information content (AvgIpc) is 2.50. The van der Waals surface area contributed by atoms with Crippen LogP contribution in [0, 0.1) is 28.6 Å². The molecular formula is C22H30O4. The zero-order valence-electron chi connectivity index (χ0n) is 16.7. The summed E-state index contributed by atoms with van der Waals surface area (Å²) in [6, 6.07) is 0. The second-order valence-corrected chi connectivity index (χ2v) is 9.58. The molecule has 1 fully saturated rings. The van der Waals surface area contributed by atoms with Crippen LogP contribution >= 0.6 is 0 Å². The summed E-state index contributed by atoms with van der Waals surface area (Å²) in [4.78, 5) is 38.5. The Morgan fingerprint density at radius 3 is 2.27 bits per heavy atom. The highest BCUT2D eigenvalue weighted by Crippen LogP contribution is 2.62. The third kappa shape index (κ3) is 2.44. The quantitative estimate of drug-likeness (QED) is 0.588. The Morgan fingerprint density at radius 1 is 1.12 bits per heavy atom. The van der Waals surface area contributed by atoms with Crippen molar-refractivity contribution in [3.05, 3.63) is 22.5 Å². The Balaban J connectivity index is 2.34. The van der Waals surface area contributed by atoms with Crippen molar-refractivity contribution in [1.82, 2.24) is 0 Å². The third-order valence-corrected chi connectivity index (χ3v) is 7.15. The highest BCUT2D eigenvalue weighted by molar-refractivity contribution is 6.50. The van der Waals surface area contributed by atoms with E-state index in [1.165, 1.54) is 6.92 Å². The van der Waals surface area contributed by atoms with Crippen LogP contribution in [-0.4, -0.2) is 22.5 Å². The van der Waals surface area contributed by atoms with E-state index in [1.807, 2.05) is 0 Å². The minimum atomic E-state index is -0.594. The smallest absolute Gasteiger partial charge is 0.233 e. The molecule has 1 saturated carbocycles. The van der Waals surface area contributed by atoms with Gasteiger partial charge in [0.05, 0.1) is 0 Å². The maximum atomic E-state index is 13.2. The van der Waals surface area contributed by atoms with Crippen LogP contribution in [0.15, 0.2) is 22.5 Å². The number of aliphatic hydroxyl groups excluding tert-OH is 1. The van der Waals surface area contributed by atoms with E-state index in [9.17, 15) is 19.5 Å². The first kappa shape index (κ1) is 19.1. The highest BCUT2D eigenvalue weighted by Gasteiger charge is 2.58. The second-order valence-electron chi connectivity index (χ2n) is 9.58. The van der Waals surface area contributed by atoms with Crippen molar-refractivity contribution < 1.29 is 19.5 Å². The summed E-state index contributed by atoms with van der Waals surface area (Å²) in [5, 5.41) is 11.0. The van der Waals surface area contributed by atoms with E-state index >= 15 is 0 Å². The zero-order valence-corrected chi connectivity index (χ0v) is 16.7. The standard InChI is InChI=1S/C22H30O4/c1-11(2)15-18(24)16-13(12(3)23)10-14-21(4,5)8-7-9-22(14,6)17(16)20(26)19(15)25/h11,13-14,24H,7-10H2,1-6H3/t13-,14-,22-/m0/s1. The van der Waals surface area contributed by atoms with Gasteiger partial charge in [0.15, 0.2) is 0 Å². The van der Waals surface area contributed by atoms with Crippen LogP contribution in [0.2, 0.25) is 0 Å². The molecule has 0 radical (unpaired) electrons. The van der Waals surface area contributed by atoms with Gasteiger partial charge in [-0.2, -0.15) is 0 Å². The van der Waals surface area contributed by atoms with Crippen molar-refractivity contribution in [2.24, 2.45) is 28.6 Å². The summed E-state index contributed by atoms with van der Waals surface area (Å²) >= 11 is 0. The van der Waals surface area contributed by atoms with E-state index in [2.05, 4.69) is 20.8 Å². The molecular weight excluding hydrogens is 328 g/mol. The van der Waals surface area contributed by atoms with Crippen LogP contribution in [0.4, 0.5) is 0 Å². The van der Waals surface area contributed by atoms with Crippen LogP contribution < -0.4 is 0 Å². The fourth-order valence-corrected chi connectivity index (χ4v) is 5.89. The summed E-state index contributed by atoms with van der Waals surface area (Å²) in [5.74, 6) is -1.88. The van der Waals surface area contributed by atoms with E-state index in [1.54, 1.807) is 13.8 Å². The molecule has 3 aliphatic carbocycles. The molecule has 3 atom stereocenters. The van der Waals surface area contributed by atoms with Crippen LogP contribution in [0.5, 0.6) is 0 Å². The fraction of sp³-hybridized carbons (Fsp3) is 0.682. The normalized spacial score (nSPS) is 34.1. The van der Waals surface area contributed by atoms with E-state index in [0.717, 1.165) is 19.3 Å². The van der Waals surface area contributed by atoms with Crippen LogP contribution in [0.25, 0.3) is 0 Å². The SMILES string of the molecule is CC(=O)[C@@H]1C[C@H]2C(C)(C)CCC[C@]2(C)C2=C1C(O)=C(C(C)C)C(=O)C2=O. The zero-order chi connectivity index (χ0) is 19.6. The molecule has 0 bridgehead atoms. The van der Waals surface area contributed by atoms with Crippen molar-refractivity contribution in [3.63, 3.8) is 0 Å². The molecule has 0 aromatic rings. The summed E-state index contributed by atoms with van der Waals surface area (Å²) in [6.07, 6.45) is 3.47. The molecule has 0 aromatic heterocycles. The lowest BCUT2D eigenvalue weighted by atomic mass is 9.47. The summed E-state index contributed by atoms with van der Waals surface area (Å²) in [5.41, 5.74) is 0.555. The van der Waals surface area contributed by atoms with Gasteiger partial charge in [-0.25, -0.2) is 0 Å². The molecule has 0 heterocycles. The largest absolute Gasteiger partial charge is 0.507 e. The van der Waals surface area contributed by atoms with E-state index < -0.39 is 22.9 Å². The molecule has 0 unspecified atom stereocenters. The highest BCUT2D eigenvalue weighted by atomic mass is 16.3. The molecule has 4 nitrogen and oxygen atoms in total. The Labute approximate surface area is 155 Å². The first-order valence-electron chi connectivity index (χ1n) is 9.71. The van der Waals surface area contributed by atoms with Gasteiger partial charge in [0.25, 0.3) is 0 Å². The Bertz CT molecular complexity index is 765. The van der Waals surface area contributed by atoms with Crippen LogP contribution in [0.3, 0.4) is 0 Å². The molecule has 1 N–H and O–H groups in total. The molecule has 4 heteroatoms. The van der Waals surface area contributed by atoms with Crippen molar-refractivity contribution in [2.75, 3.05) is 0 Å². The molecule has 0 aromatic carbocycles. The van der Waals surface area contributed by atoms with Gasteiger partial charge in [-0.15, -0.1) is 0 Å². The van der Waals surface area contributed by atoms with E-state index in [0.29, 0.717) is 17.6 Å². The van der Waals surface area contributed by atoms with Crippen molar-refractivity contribution in [3.8, 4) is 0 Å². The number of allylic oxidation sites excluding steroid dienone is 3. The monoisotopic (exact) mass is 358 g/mol. The number of rotatable bonds is 2. The number of aliphatic hydroxyl groups is 1. The number of carbonyl (C=O) groups is 3. The summed E-state index contributed by atoms with van der Waals surface area (Å²) in [6.45, 7) is 11.6. The molecule has 3 rings (SSSR count). The van der Waals surface area contributed by atoms with Gasteiger partial charge in [-0.1, -0.05) is 41.0 Å². The van der Waals surface area contributed by atoms with Gasteiger partial charge < -0.3 is 5.11 Å². The fourth-order valence-electron chi connectivity index (χ4n) is 5.89. The van der Waals surface area contributed by atoms with Gasteiger partial charge in [0.2, 0.25) is 11.6 Å². The van der Waals surface area contributed by atoms with Crippen LogP contribution in [-0.2, 0) is 14.4 Å². The van der Waals surface area contributed by atoms with Crippen LogP contribution in [0.1, 0.15) is 67.2 Å². The van der Waals surface area contributed by atoms with E-state index in [-0.39, 0.29) is 34.4 Å². The lowest BCUT2D eigenvalue weighted by molar-refractivity contribution is -0.135. The summed E-state index contributed by atoms with van der Waals surface area (Å²) in [7, 11) is 0. The molecule has 0 aliphatic heterocycles. The van der Waals surface area contributed by atoms with Gasteiger partial charge in [-0.3, -0.25) is 14.4 Å².